The van der Waals surface area contributed by atoms with Gasteiger partial charge in [-0.05, 0) is 31.9 Å². The SMILES string of the molecule is Cc1ccc(S(=O)(=O)Cl)c(C(=O)N(C)C2CCCC2)c1. The maximum absolute atomic E-state index is 12.6. The van der Waals surface area contributed by atoms with Gasteiger partial charge in [0.15, 0.2) is 0 Å². The molecule has 4 nitrogen and oxygen atoms in total. The number of carbonyl (C=O) groups excluding carboxylic acids is 1. The molecular formula is C14H18ClNO3S. The lowest BCUT2D eigenvalue weighted by atomic mass is 10.1. The fraction of sp³-hybridized carbons (Fsp3) is 0.500. The van der Waals surface area contributed by atoms with Crippen LogP contribution >= 0.6 is 10.7 Å². The molecule has 1 fully saturated rings. The molecule has 0 atom stereocenters. The van der Waals surface area contributed by atoms with Gasteiger partial charge >= 0.3 is 0 Å². The van der Waals surface area contributed by atoms with Crippen LogP contribution in [0, 0.1) is 6.92 Å². The minimum absolute atomic E-state index is 0.111. The van der Waals surface area contributed by atoms with Crippen molar-refractivity contribution >= 4 is 25.6 Å². The fourth-order valence-corrected chi connectivity index (χ4v) is 3.71. The number of benzene rings is 1. The highest BCUT2D eigenvalue weighted by atomic mass is 35.7. The number of aryl methyl sites for hydroxylation is 1. The third-order valence-electron chi connectivity index (χ3n) is 3.82. The van der Waals surface area contributed by atoms with Crippen molar-refractivity contribution < 1.29 is 13.2 Å². The van der Waals surface area contributed by atoms with Gasteiger partial charge in [-0.2, -0.15) is 0 Å². The molecule has 110 valence electrons. The van der Waals surface area contributed by atoms with Crippen molar-refractivity contribution in [1.29, 1.82) is 0 Å². The first-order valence-corrected chi connectivity index (χ1v) is 8.94. The van der Waals surface area contributed by atoms with Crippen LogP contribution in [0.15, 0.2) is 23.1 Å². The van der Waals surface area contributed by atoms with Crippen LogP contribution in [0.4, 0.5) is 0 Å². The van der Waals surface area contributed by atoms with E-state index < -0.39 is 9.05 Å². The lowest BCUT2D eigenvalue weighted by Gasteiger charge is -2.25. The second-order valence-electron chi connectivity index (χ2n) is 5.29. The molecule has 2 rings (SSSR count). The minimum Gasteiger partial charge on any atom is -0.339 e. The fourth-order valence-electron chi connectivity index (χ4n) is 2.67. The number of hydrogen-bond acceptors (Lipinski definition) is 3. The van der Waals surface area contributed by atoms with Crippen LogP contribution in [-0.4, -0.2) is 32.3 Å². The molecule has 1 aliphatic carbocycles. The topological polar surface area (TPSA) is 54.5 Å². The Bertz CT molecular complexity index is 621. The summed E-state index contributed by atoms with van der Waals surface area (Å²) in [5.41, 5.74) is 0.992. The van der Waals surface area contributed by atoms with Crippen LogP contribution in [0.25, 0.3) is 0 Å². The highest BCUT2D eigenvalue weighted by Gasteiger charge is 2.28. The van der Waals surface area contributed by atoms with Gasteiger partial charge in [0.2, 0.25) is 0 Å². The molecule has 0 bridgehead atoms. The number of carbonyl (C=O) groups is 1. The summed E-state index contributed by atoms with van der Waals surface area (Å²) in [6, 6.07) is 4.81. The molecular weight excluding hydrogens is 298 g/mol. The van der Waals surface area contributed by atoms with Crippen molar-refractivity contribution in [2.24, 2.45) is 0 Å². The predicted molar refractivity (Wildman–Crippen MR) is 78.6 cm³/mol. The van der Waals surface area contributed by atoms with E-state index in [0.717, 1.165) is 31.2 Å². The first kappa shape index (κ1) is 15.3. The highest BCUT2D eigenvalue weighted by molar-refractivity contribution is 8.13. The van der Waals surface area contributed by atoms with Crippen molar-refractivity contribution in [3.63, 3.8) is 0 Å². The molecule has 0 unspecified atom stereocenters. The molecule has 20 heavy (non-hydrogen) atoms. The Kier molecular flexibility index (Phi) is 4.39. The van der Waals surface area contributed by atoms with Crippen LogP contribution in [0.5, 0.6) is 0 Å². The molecule has 1 saturated carbocycles. The molecule has 6 heteroatoms. The van der Waals surface area contributed by atoms with E-state index in [4.69, 9.17) is 10.7 Å². The smallest absolute Gasteiger partial charge is 0.262 e. The van der Waals surface area contributed by atoms with Crippen LogP contribution in [0.3, 0.4) is 0 Å². The Morgan fingerprint density at radius 3 is 2.45 bits per heavy atom. The maximum atomic E-state index is 12.6. The van der Waals surface area contributed by atoms with Gasteiger partial charge < -0.3 is 4.90 Å². The van der Waals surface area contributed by atoms with Crippen LogP contribution in [0.2, 0.25) is 0 Å². The summed E-state index contributed by atoms with van der Waals surface area (Å²) >= 11 is 0. The van der Waals surface area contributed by atoms with Crippen LogP contribution in [-0.2, 0) is 9.05 Å². The van der Waals surface area contributed by atoms with Crippen molar-refractivity contribution in [2.75, 3.05) is 7.05 Å². The average molecular weight is 316 g/mol. The quantitative estimate of drug-likeness (QED) is 0.806. The number of hydrogen-bond donors (Lipinski definition) is 0. The lowest BCUT2D eigenvalue weighted by Crippen LogP contribution is -2.35. The lowest BCUT2D eigenvalue weighted by molar-refractivity contribution is 0.0731. The second-order valence-corrected chi connectivity index (χ2v) is 7.83. The van der Waals surface area contributed by atoms with Gasteiger partial charge in [-0.25, -0.2) is 8.42 Å². The normalized spacial score (nSPS) is 16.4. The Hall–Kier alpha value is -1.07. The van der Waals surface area contributed by atoms with Gasteiger partial charge in [-0.3, -0.25) is 4.79 Å². The van der Waals surface area contributed by atoms with Gasteiger partial charge in [-0.1, -0.05) is 24.5 Å². The molecule has 0 spiro atoms. The summed E-state index contributed by atoms with van der Waals surface area (Å²) < 4.78 is 23.2. The van der Waals surface area contributed by atoms with E-state index in [9.17, 15) is 13.2 Å². The Labute approximate surface area is 124 Å². The number of halogens is 1. The largest absolute Gasteiger partial charge is 0.339 e. The standard InChI is InChI=1S/C14H18ClNO3S/c1-10-7-8-13(20(15,18)19)12(9-10)14(17)16(2)11-5-3-4-6-11/h7-9,11H,3-6H2,1-2H3. The summed E-state index contributed by atoms with van der Waals surface area (Å²) in [6.07, 6.45) is 4.15. The monoisotopic (exact) mass is 315 g/mol. The molecule has 1 aromatic rings. The van der Waals surface area contributed by atoms with Crippen molar-refractivity contribution in [2.45, 2.75) is 43.5 Å². The third-order valence-corrected chi connectivity index (χ3v) is 5.20. The number of nitrogens with zero attached hydrogens (tertiary/aromatic N) is 1. The zero-order chi connectivity index (χ0) is 14.9. The van der Waals surface area contributed by atoms with E-state index >= 15 is 0 Å². The van der Waals surface area contributed by atoms with Crippen molar-refractivity contribution in [1.82, 2.24) is 4.90 Å². The molecule has 0 aliphatic heterocycles. The Morgan fingerprint density at radius 1 is 1.30 bits per heavy atom. The van der Waals surface area contributed by atoms with Gasteiger partial charge in [0.1, 0.15) is 0 Å². The summed E-state index contributed by atoms with van der Waals surface area (Å²) in [6.45, 7) is 1.82. The Balaban J connectivity index is 2.40. The first-order valence-electron chi connectivity index (χ1n) is 6.63. The molecule has 1 aromatic carbocycles. The first-order chi connectivity index (χ1) is 9.30. The molecule has 1 amide bonds. The highest BCUT2D eigenvalue weighted by Crippen LogP contribution is 2.27. The summed E-state index contributed by atoms with van der Waals surface area (Å²) in [7, 11) is 3.23. The minimum atomic E-state index is -3.93. The van der Waals surface area contributed by atoms with E-state index in [1.54, 1.807) is 24.1 Å². The Morgan fingerprint density at radius 2 is 1.90 bits per heavy atom. The van der Waals surface area contributed by atoms with Crippen molar-refractivity contribution in [3.05, 3.63) is 29.3 Å². The molecule has 0 N–H and O–H groups in total. The van der Waals surface area contributed by atoms with E-state index in [2.05, 4.69) is 0 Å². The van der Waals surface area contributed by atoms with Gasteiger partial charge in [0, 0.05) is 23.8 Å². The zero-order valence-electron chi connectivity index (χ0n) is 11.6. The summed E-state index contributed by atoms with van der Waals surface area (Å²) in [5.74, 6) is -0.278. The molecule has 1 aliphatic rings. The second kappa shape index (κ2) is 5.74. The molecule has 0 heterocycles. The van der Waals surface area contributed by atoms with E-state index in [1.807, 2.05) is 6.92 Å². The molecule has 0 saturated heterocycles. The molecule has 0 aromatic heterocycles. The van der Waals surface area contributed by atoms with Gasteiger partial charge in [0.25, 0.3) is 15.0 Å². The van der Waals surface area contributed by atoms with Crippen LogP contribution in [0.1, 0.15) is 41.6 Å². The van der Waals surface area contributed by atoms with E-state index in [1.165, 1.54) is 6.07 Å². The van der Waals surface area contributed by atoms with E-state index in [-0.39, 0.29) is 22.4 Å². The average Bonchev–Trinajstić information content (AvgIpc) is 2.89. The predicted octanol–water partition coefficient (Wildman–Crippen LogP) is 2.94. The van der Waals surface area contributed by atoms with Gasteiger partial charge in [0.05, 0.1) is 10.5 Å². The molecule has 0 radical (unpaired) electrons. The van der Waals surface area contributed by atoms with E-state index in [0.29, 0.717) is 0 Å². The third kappa shape index (κ3) is 3.15. The van der Waals surface area contributed by atoms with Gasteiger partial charge in [-0.15, -0.1) is 0 Å². The maximum Gasteiger partial charge on any atom is 0.262 e. The zero-order valence-corrected chi connectivity index (χ0v) is 13.2. The number of amides is 1. The number of rotatable bonds is 3. The summed E-state index contributed by atoms with van der Waals surface area (Å²) in [5, 5.41) is 0. The summed E-state index contributed by atoms with van der Waals surface area (Å²) in [4.78, 5) is 14.1. The van der Waals surface area contributed by atoms with Crippen LogP contribution < -0.4 is 0 Å². The van der Waals surface area contributed by atoms with Crippen molar-refractivity contribution in [3.8, 4) is 0 Å².